The molecule has 0 unspecified atom stereocenters. The molecule has 0 saturated heterocycles. The average molecular weight is 151 g/mol. The van der Waals surface area contributed by atoms with E-state index < -0.39 is 7.82 Å². The van der Waals surface area contributed by atoms with Gasteiger partial charge in [0.2, 0.25) is 0 Å². The Morgan fingerprint density at radius 1 is 1.38 bits per heavy atom. The van der Waals surface area contributed by atoms with E-state index in [0.29, 0.717) is 0 Å². The third-order valence-electron chi connectivity index (χ3n) is 0.461. The summed E-state index contributed by atoms with van der Waals surface area (Å²) in [4.78, 5) is 8.24. The molecule has 4 nitrogen and oxygen atoms in total. The zero-order valence-corrected chi connectivity index (χ0v) is 8.01. The van der Waals surface area contributed by atoms with Gasteiger partial charge in [0, 0.05) is 43.8 Å². The molecule has 0 amide bonds. The molecule has 0 aliphatic carbocycles. The van der Waals surface area contributed by atoms with Gasteiger partial charge in [-0.3, -0.25) is 9.05 Å². The average Bonchev–Trinajstić information content (AvgIpc) is 1.68. The molecule has 0 spiro atoms. The number of rotatable bonds is 2. The van der Waals surface area contributed by atoms with Crippen LogP contribution in [0.5, 0.6) is 0 Å². The van der Waals surface area contributed by atoms with E-state index in [0.717, 1.165) is 14.2 Å². The summed E-state index contributed by atoms with van der Waals surface area (Å²) in [5, 5.41) is 0. The van der Waals surface area contributed by atoms with E-state index in [4.69, 9.17) is 4.89 Å². The summed E-state index contributed by atoms with van der Waals surface area (Å²) in [7, 11) is -1.45. The smallest absolute Gasteiger partial charge is 0.303 e. The first-order valence-corrected chi connectivity index (χ1v) is 3.06. The van der Waals surface area contributed by atoms with Crippen molar-refractivity contribution in [3.05, 3.63) is 0 Å². The minimum absolute atomic E-state index is 0. The molecule has 0 atom stereocenters. The zero-order chi connectivity index (χ0) is 5.91. The Morgan fingerprint density at radius 3 is 1.62 bits per heavy atom. The van der Waals surface area contributed by atoms with Crippen molar-refractivity contribution in [3.63, 3.8) is 0 Å². The Hall–Kier alpha value is 1.11. The van der Waals surface area contributed by atoms with Gasteiger partial charge in [0.1, 0.15) is 0 Å². The van der Waals surface area contributed by atoms with Gasteiger partial charge < -0.3 is 4.89 Å². The van der Waals surface area contributed by atoms with Crippen molar-refractivity contribution in [2.45, 2.75) is 0 Å². The van der Waals surface area contributed by atoms with E-state index in [-0.39, 0.29) is 29.6 Å². The second kappa shape index (κ2) is 4.94. The molecule has 0 aromatic rings. The van der Waals surface area contributed by atoms with E-state index in [9.17, 15) is 4.57 Å². The van der Waals surface area contributed by atoms with E-state index in [1.807, 2.05) is 0 Å². The Labute approximate surface area is 70.1 Å². The number of phosphoric acid groups is 1. The second-order valence-electron chi connectivity index (χ2n) is 0.834. The molecule has 0 fully saturated rings. The summed E-state index contributed by atoms with van der Waals surface area (Å²) in [6.07, 6.45) is 0. The molecule has 0 heterocycles. The summed E-state index contributed by atoms with van der Waals surface area (Å²) >= 11 is 0. The maximum atomic E-state index is 10.1. The largest absolute Gasteiger partial charge is 0.471 e. The Balaban J connectivity index is 0. The predicted molar refractivity (Wildman–Crippen MR) is 29.6 cm³/mol. The van der Waals surface area contributed by atoms with Crippen molar-refractivity contribution in [2.75, 3.05) is 14.2 Å². The van der Waals surface area contributed by atoms with Gasteiger partial charge in [0.05, 0.1) is 0 Å². The fourth-order valence-corrected chi connectivity index (χ4v) is 0.224. The number of phosphoric ester groups is 1. The van der Waals surface area contributed by atoms with Crippen LogP contribution in [0.25, 0.3) is 0 Å². The van der Waals surface area contributed by atoms with E-state index in [1.165, 1.54) is 0 Å². The van der Waals surface area contributed by atoms with E-state index in [1.54, 1.807) is 0 Å². The van der Waals surface area contributed by atoms with Gasteiger partial charge in [0.25, 0.3) is 0 Å². The molecule has 45 valence electrons. The normalized spacial score (nSPS) is 10.4. The van der Waals surface area contributed by atoms with Crippen molar-refractivity contribution in [1.29, 1.82) is 0 Å². The van der Waals surface area contributed by atoms with Crippen LogP contribution < -0.4 is 0 Å². The third kappa shape index (κ3) is 5.25. The minimum atomic E-state index is -3.65. The fourth-order valence-electron chi connectivity index (χ4n) is 0.0745. The first-order valence-electron chi connectivity index (χ1n) is 1.56. The van der Waals surface area contributed by atoms with Crippen LogP contribution in [-0.2, 0) is 13.6 Å². The number of hydrogen-bond donors (Lipinski definition) is 1. The summed E-state index contributed by atoms with van der Waals surface area (Å²) < 4.78 is 18.0. The summed E-state index contributed by atoms with van der Waals surface area (Å²) in [5.74, 6) is 0. The standard InChI is InChI=1S/C2H7O4P.Na/c1-5-7(3,4)6-2;/h1-2H3,(H,3,4);/i1+1,2+1;. The maximum absolute atomic E-state index is 10.1. The van der Waals surface area contributed by atoms with Gasteiger partial charge in [0.15, 0.2) is 0 Å². The van der Waals surface area contributed by atoms with Crippen molar-refractivity contribution >= 4 is 37.4 Å². The summed E-state index contributed by atoms with van der Waals surface area (Å²) in [5.41, 5.74) is 0. The Morgan fingerprint density at radius 2 is 1.62 bits per heavy atom. The molecular formula is C2H7NaO4P. The van der Waals surface area contributed by atoms with Gasteiger partial charge in [-0.1, -0.05) is 0 Å². The van der Waals surface area contributed by atoms with Crippen LogP contribution in [0.2, 0.25) is 0 Å². The zero-order valence-electron chi connectivity index (χ0n) is 5.12. The Bertz CT molecular complexity index is 86.0. The molecule has 0 rings (SSSR count). The van der Waals surface area contributed by atoms with Gasteiger partial charge >= 0.3 is 7.82 Å². The monoisotopic (exact) mass is 151 g/mol. The Kier molecular flexibility index (Phi) is 7.32. The van der Waals surface area contributed by atoms with Crippen molar-refractivity contribution in [2.24, 2.45) is 0 Å². The van der Waals surface area contributed by atoms with Gasteiger partial charge in [-0.25, -0.2) is 4.57 Å². The molecule has 0 aromatic carbocycles. The molecular weight excluding hydrogens is 144 g/mol. The first-order chi connectivity index (χ1) is 3.12. The van der Waals surface area contributed by atoms with Crippen molar-refractivity contribution < 1.29 is 18.5 Å². The first kappa shape index (κ1) is 11.9. The van der Waals surface area contributed by atoms with Crippen LogP contribution in [0, 0.1) is 0 Å². The van der Waals surface area contributed by atoms with Crippen molar-refractivity contribution in [3.8, 4) is 0 Å². The minimum Gasteiger partial charge on any atom is -0.303 e. The van der Waals surface area contributed by atoms with E-state index >= 15 is 0 Å². The molecule has 1 radical (unpaired) electrons. The molecule has 0 aromatic heterocycles. The SMILES string of the molecule is [13CH3]OP(=O)(O)O[13CH3].[Na]. The van der Waals surface area contributed by atoms with Crippen LogP contribution in [0.3, 0.4) is 0 Å². The molecule has 0 bridgehead atoms. The molecule has 0 saturated carbocycles. The quantitative estimate of drug-likeness (QED) is 0.342. The number of hydrogen-bond acceptors (Lipinski definition) is 3. The molecule has 8 heavy (non-hydrogen) atoms. The van der Waals surface area contributed by atoms with Crippen molar-refractivity contribution in [1.82, 2.24) is 0 Å². The van der Waals surface area contributed by atoms with E-state index in [2.05, 4.69) is 9.05 Å². The maximum Gasteiger partial charge on any atom is 0.471 e. The predicted octanol–water partition coefficient (Wildman–Crippen LogP) is -0.00120. The fraction of sp³-hybridized carbons (Fsp3) is 1.00. The van der Waals surface area contributed by atoms with Crippen LogP contribution >= 0.6 is 7.82 Å². The van der Waals surface area contributed by atoms with Crippen LogP contribution in [0.4, 0.5) is 0 Å². The van der Waals surface area contributed by atoms with Crippen LogP contribution in [-0.4, -0.2) is 48.7 Å². The van der Waals surface area contributed by atoms with Gasteiger partial charge in [-0.15, -0.1) is 0 Å². The summed E-state index contributed by atoms with van der Waals surface area (Å²) in [6.45, 7) is 0. The molecule has 0 aliphatic rings. The summed E-state index contributed by atoms with van der Waals surface area (Å²) in [6, 6.07) is 0. The van der Waals surface area contributed by atoms with Crippen LogP contribution in [0.15, 0.2) is 0 Å². The molecule has 0 aliphatic heterocycles. The van der Waals surface area contributed by atoms with Gasteiger partial charge in [-0.2, -0.15) is 0 Å². The van der Waals surface area contributed by atoms with Gasteiger partial charge in [-0.05, 0) is 0 Å². The topological polar surface area (TPSA) is 55.8 Å². The molecule has 6 heteroatoms. The molecule has 1 N–H and O–H groups in total. The third-order valence-corrected chi connectivity index (χ3v) is 1.38. The van der Waals surface area contributed by atoms with Crippen LogP contribution in [0.1, 0.15) is 0 Å². The second-order valence-corrected chi connectivity index (χ2v) is 2.50.